The summed E-state index contributed by atoms with van der Waals surface area (Å²) >= 11 is 1.42. The highest BCUT2D eigenvalue weighted by molar-refractivity contribution is 7.17. The Balaban J connectivity index is 1.87. The van der Waals surface area contributed by atoms with Crippen LogP contribution in [0.5, 0.6) is 0 Å². The standard InChI is InChI=1S/C15H15N3O2S/c19-12-8-13(18-6-2-1-3-7-18)20-14-10(9-21-15(12)14)11-4-5-16-17-11/h4-5,8-9H,1-3,6-7H2,(H,16,17). The minimum Gasteiger partial charge on any atom is -0.439 e. The lowest BCUT2D eigenvalue weighted by Crippen LogP contribution is -2.29. The van der Waals surface area contributed by atoms with Gasteiger partial charge in [-0.15, -0.1) is 11.3 Å². The van der Waals surface area contributed by atoms with E-state index in [0.29, 0.717) is 16.2 Å². The predicted octanol–water partition coefficient (Wildman–Crippen LogP) is 3.23. The van der Waals surface area contributed by atoms with Crippen molar-refractivity contribution in [1.82, 2.24) is 10.2 Å². The van der Waals surface area contributed by atoms with Crippen molar-refractivity contribution >= 4 is 27.5 Å². The highest BCUT2D eigenvalue weighted by Crippen LogP contribution is 2.33. The third-order valence-electron chi connectivity index (χ3n) is 3.89. The first kappa shape index (κ1) is 12.6. The molecule has 5 nitrogen and oxygen atoms in total. The smallest absolute Gasteiger partial charge is 0.204 e. The Labute approximate surface area is 125 Å². The summed E-state index contributed by atoms with van der Waals surface area (Å²) in [5, 5.41) is 8.85. The zero-order valence-electron chi connectivity index (χ0n) is 11.5. The van der Waals surface area contributed by atoms with Crippen LogP contribution in [-0.4, -0.2) is 23.3 Å². The average molecular weight is 301 g/mol. The van der Waals surface area contributed by atoms with E-state index >= 15 is 0 Å². The van der Waals surface area contributed by atoms with Crippen LogP contribution in [0.1, 0.15) is 19.3 Å². The maximum Gasteiger partial charge on any atom is 0.204 e. The molecular weight excluding hydrogens is 286 g/mol. The minimum absolute atomic E-state index is 0.0348. The van der Waals surface area contributed by atoms with Crippen LogP contribution >= 0.6 is 11.3 Å². The number of rotatable bonds is 2. The molecule has 0 aromatic carbocycles. The number of aromatic amines is 1. The number of fused-ring (bicyclic) bond motifs is 1. The predicted molar refractivity (Wildman–Crippen MR) is 84.0 cm³/mol. The van der Waals surface area contributed by atoms with Crippen molar-refractivity contribution in [2.45, 2.75) is 19.3 Å². The van der Waals surface area contributed by atoms with Crippen LogP contribution in [0.3, 0.4) is 0 Å². The van der Waals surface area contributed by atoms with Gasteiger partial charge in [0, 0.05) is 30.7 Å². The van der Waals surface area contributed by atoms with Crippen LogP contribution in [0, 0.1) is 0 Å². The average Bonchev–Trinajstić information content (AvgIpc) is 3.16. The summed E-state index contributed by atoms with van der Waals surface area (Å²) < 4.78 is 6.73. The van der Waals surface area contributed by atoms with E-state index in [1.165, 1.54) is 17.8 Å². The normalized spacial score (nSPS) is 15.7. The molecule has 1 aliphatic rings. The molecule has 0 unspecified atom stereocenters. The number of nitrogens with one attached hydrogen (secondary N) is 1. The molecule has 0 spiro atoms. The molecule has 0 bridgehead atoms. The molecular formula is C15H15N3O2S. The van der Waals surface area contributed by atoms with Crippen molar-refractivity contribution < 1.29 is 4.42 Å². The molecule has 0 saturated carbocycles. The number of thiophene rings is 1. The zero-order chi connectivity index (χ0) is 14.2. The lowest BCUT2D eigenvalue weighted by Gasteiger charge is -2.26. The van der Waals surface area contributed by atoms with Gasteiger partial charge in [0.15, 0.2) is 11.5 Å². The van der Waals surface area contributed by atoms with Crippen molar-refractivity contribution in [3.63, 3.8) is 0 Å². The quantitative estimate of drug-likeness (QED) is 0.789. The molecule has 3 aromatic rings. The number of H-pyrrole nitrogens is 1. The Morgan fingerprint density at radius 2 is 2.14 bits per heavy atom. The van der Waals surface area contributed by atoms with Crippen LogP contribution in [0.15, 0.2) is 32.9 Å². The van der Waals surface area contributed by atoms with Gasteiger partial charge in [-0.1, -0.05) is 0 Å². The van der Waals surface area contributed by atoms with E-state index in [2.05, 4.69) is 15.1 Å². The molecule has 1 aliphatic heterocycles. The van der Waals surface area contributed by atoms with Crippen LogP contribution in [0.25, 0.3) is 21.5 Å². The third kappa shape index (κ3) is 2.15. The molecule has 0 radical (unpaired) electrons. The fraction of sp³-hybridized carbons (Fsp3) is 0.333. The van der Waals surface area contributed by atoms with Crippen LogP contribution in [-0.2, 0) is 0 Å². The van der Waals surface area contributed by atoms with Gasteiger partial charge in [-0.05, 0) is 25.3 Å². The zero-order valence-corrected chi connectivity index (χ0v) is 12.3. The summed E-state index contributed by atoms with van der Waals surface area (Å²) in [5.74, 6) is 0.686. The Bertz CT molecular complexity index is 813. The van der Waals surface area contributed by atoms with E-state index in [1.54, 1.807) is 12.3 Å². The number of hydrogen-bond acceptors (Lipinski definition) is 5. The fourth-order valence-corrected chi connectivity index (χ4v) is 3.70. The lowest BCUT2D eigenvalue weighted by molar-refractivity contribution is 0.513. The molecule has 21 heavy (non-hydrogen) atoms. The highest BCUT2D eigenvalue weighted by Gasteiger charge is 2.18. The number of anilines is 1. The SMILES string of the molecule is O=c1cc(N2CCCCC2)oc2c(-c3ccn[nH]3)csc12. The van der Waals surface area contributed by atoms with Gasteiger partial charge >= 0.3 is 0 Å². The van der Waals surface area contributed by atoms with E-state index in [0.717, 1.165) is 37.2 Å². The second kappa shape index (κ2) is 5.04. The molecule has 108 valence electrons. The molecule has 1 fully saturated rings. The highest BCUT2D eigenvalue weighted by atomic mass is 32.1. The minimum atomic E-state index is 0.0348. The molecule has 4 rings (SSSR count). The molecule has 0 aliphatic carbocycles. The molecule has 1 N–H and O–H groups in total. The maximum absolute atomic E-state index is 12.3. The summed E-state index contributed by atoms with van der Waals surface area (Å²) in [5.41, 5.74) is 2.48. The van der Waals surface area contributed by atoms with Gasteiger partial charge in [0.1, 0.15) is 4.70 Å². The topological polar surface area (TPSA) is 62.1 Å². The van der Waals surface area contributed by atoms with E-state index in [9.17, 15) is 4.79 Å². The summed E-state index contributed by atoms with van der Waals surface area (Å²) in [7, 11) is 0. The first-order chi connectivity index (χ1) is 10.3. The van der Waals surface area contributed by atoms with Crippen LogP contribution in [0.4, 0.5) is 5.88 Å². The van der Waals surface area contributed by atoms with Gasteiger partial charge in [-0.2, -0.15) is 5.10 Å². The lowest BCUT2D eigenvalue weighted by atomic mass is 10.1. The van der Waals surface area contributed by atoms with Gasteiger partial charge in [0.2, 0.25) is 5.43 Å². The number of hydrogen-bond donors (Lipinski definition) is 1. The maximum atomic E-state index is 12.3. The molecule has 0 amide bonds. The van der Waals surface area contributed by atoms with Gasteiger partial charge in [-0.25, -0.2) is 0 Å². The molecule has 4 heterocycles. The van der Waals surface area contributed by atoms with Crippen molar-refractivity contribution in [3.05, 3.63) is 33.9 Å². The van der Waals surface area contributed by atoms with E-state index in [-0.39, 0.29) is 5.43 Å². The number of aromatic nitrogens is 2. The Morgan fingerprint density at radius 1 is 1.29 bits per heavy atom. The van der Waals surface area contributed by atoms with Crippen molar-refractivity contribution in [3.8, 4) is 11.3 Å². The second-order valence-corrected chi connectivity index (χ2v) is 6.15. The summed E-state index contributed by atoms with van der Waals surface area (Å²) in [6.45, 7) is 1.91. The largest absolute Gasteiger partial charge is 0.439 e. The Morgan fingerprint density at radius 3 is 2.90 bits per heavy atom. The van der Waals surface area contributed by atoms with E-state index in [4.69, 9.17) is 4.42 Å². The second-order valence-electron chi connectivity index (χ2n) is 5.27. The van der Waals surface area contributed by atoms with E-state index < -0.39 is 0 Å². The summed E-state index contributed by atoms with van der Waals surface area (Å²) in [6.07, 6.45) is 5.25. The first-order valence-electron chi connectivity index (χ1n) is 7.13. The summed E-state index contributed by atoms with van der Waals surface area (Å²) in [4.78, 5) is 14.5. The van der Waals surface area contributed by atoms with Gasteiger partial charge < -0.3 is 9.32 Å². The number of piperidine rings is 1. The van der Waals surface area contributed by atoms with E-state index in [1.807, 2.05) is 11.4 Å². The van der Waals surface area contributed by atoms with Crippen molar-refractivity contribution in [2.75, 3.05) is 18.0 Å². The fourth-order valence-electron chi connectivity index (χ4n) is 2.79. The third-order valence-corrected chi connectivity index (χ3v) is 4.86. The molecule has 1 saturated heterocycles. The molecule has 6 heteroatoms. The first-order valence-corrected chi connectivity index (χ1v) is 8.01. The van der Waals surface area contributed by atoms with Crippen molar-refractivity contribution in [2.24, 2.45) is 0 Å². The Kier molecular flexibility index (Phi) is 3.03. The monoisotopic (exact) mass is 301 g/mol. The van der Waals surface area contributed by atoms with Gasteiger partial charge in [0.25, 0.3) is 0 Å². The Hall–Kier alpha value is -2.08. The summed E-state index contributed by atoms with van der Waals surface area (Å²) in [6, 6.07) is 3.51. The van der Waals surface area contributed by atoms with Crippen LogP contribution in [0.2, 0.25) is 0 Å². The molecule has 0 atom stereocenters. The number of nitrogens with zero attached hydrogens (tertiary/aromatic N) is 2. The van der Waals surface area contributed by atoms with Crippen LogP contribution < -0.4 is 10.3 Å². The molecule has 3 aromatic heterocycles. The van der Waals surface area contributed by atoms with Gasteiger partial charge in [0.05, 0.1) is 11.3 Å². The van der Waals surface area contributed by atoms with Crippen molar-refractivity contribution in [1.29, 1.82) is 0 Å². The van der Waals surface area contributed by atoms with Gasteiger partial charge in [-0.3, -0.25) is 9.89 Å².